The highest BCUT2D eigenvalue weighted by atomic mass is 16.1. The minimum absolute atomic E-state index is 0.0261. The van der Waals surface area contributed by atoms with Crippen LogP contribution in [0.25, 0.3) is 11.3 Å². The zero-order chi connectivity index (χ0) is 17.6. The number of aliphatic imine (C=N–C) groups is 1. The van der Waals surface area contributed by atoms with Crippen LogP contribution in [0.5, 0.6) is 0 Å². The van der Waals surface area contributed by atoms with Crippen molar-refractivity contribution in [2.24, 2.45) is 4.99 Å². The fourth-order valence-electron chi connectivity index (χ4n) is 2.56. The van der Waals surface area contributed by atoms with Gasteiger partial charge in [-0.15, -0.1) is 0 Å². The molecule has 1 aromatic carbocycles. The summed E-state index contributed by atoms with van der Waals surface area (Å²) in [6, 6.07) is 9.55. The van der Waals surface area contributed by atoms with E-state index in [2.05, 4.69) is 24.9 Å². The Bertz CT molecular complexity index is 918. The van der Waals surface area contributed by atoms with Gasteiger partial charge in [0.2, 0.25) is 5.95 Å². The molecule has 1 aliphatic heterocycles. The predicted molar refractivity (Wildman–Crippen MR) is 97.4 cm³/mol. The Morgan fingerprint density at radius 2 is 2.16 bits per heavy atom. The third kappa shape index (κ3) is 3.98. The first-order valence-electron chi connectivity index (χ1n) is 8.12. The van der Waals surface area contributed by atoms with Gasteiger partial charge in [0, 0.05) is 18.5 Å². The predicted octanol–water partition coefficient (Wildman–Crippen LogP) is 1.54. The van der Waals surface area contributed by atoms with Crippen LogP contribution in [-0.4, -0.2) is 46.7 Å². The quantitative estimate of drug-likeness (QED) is 0.618. The van der Waals surface area contributed by atoms with Crippen molar-refractivity contribution < 1.29 is 4.58 Å². The standard InChI is InChI=1S/C18H18N6O/c1-13-3-5-14(6-4-13)16-15(11-19)17(25)23-18(22-16)21-7-2-9-24-10-8-20-12-24/h3-6,8,12H,2,7,9-10H2,1H3,(H-,21,22,23,25)/p+1. The van der Waals surface area contributed by atoms with Gasteiger partial charge in [0.1, 0.15) is 18.2 Å². The van der Waals surface area contributed by atoms with Crippen molar-refractivity contribution in [3.05, 3.63) is 45.7 Å². The number of rotatable bonds is 6. The lowest BCUT2D eigenvalue weighted by atomic mass is 10.1. The van der Waals surface area contributed by atoms with Crippen molar-refractivity contribution in [1.82, 2.24) is 9.97 Å². The molecule has 1 aliphatic rings. The third-order valence-corrected chi connectivity index (χ3v) is 3.92. The Labute approximate surface area is 145 Å². The number of nitriles is 1. The molecular weight excluding hydrogens is 316 g/mol. The van der Waals surface area contributed by atoms with Gasteiger partial charge in [-0.05, 0) is 6.92 Å². The van der Waals surface area contributed by atoms with Crippen LogP contribution in [0.15, 0.2) is 34.1 Å². The van der Waals surface area contributed by atoms with Crippen LogP contribution in [-0.2, 0) is 0 Å². The van der Waals surface area contributed by atoms with Crippen LogP contribution in [0, 0.1) is 18.3 Å². The summed E-state index contributed by atoms with van der Waals surface area (Å²) in [6.07, 6.45) is 4.56. The van der Waals surface area contributed by atoms with Gasteiger partial charge in [-0.3, -0.25) is 14.4 Å². The molecule has 2 heterocycles. The summed E-state index contributed by atoms with van der Waals surface area (Å²) in [5.74, 6) is 0.376. The van der Waals surface area contributed by atoms with Crippen LogP contribution in [0.4, 0.5) is 5.95 Å². The topological polar surface area (TPSA) is 96.9 Å². The van der Waals surface area contributed by atoms with Crippen molar-refractivity contribution in [3.63, 3.8) is 0 Å². The highest BCUT2D eigenvalue weighted by Crippen LogP contribution is 2.20. The van der Waals surface area contributed by atoms with Crippen LogP contribution in [0.3, 0.4) is 0 Å². The van der Waals surface area contributed by atoms with Gasteiger partial charge in [0.15, 0.2) is 6.21 Å². The summed E-state index contributed by atoms with van der Waals surface area (Å²) >= 11 is 0. The summed E-state index contributed by atoms with van der Waals surface area (Å²) < 4.78 is 2.11. The molecule has 7 nitrogen and oxygen atoms in total. The van der Waals surface area contributed by atoms with Gasteiger partial charge in [-0.2, -0.15) is 5.26 Å². The first-order valence-corrected chi connectivity index (χ1v) is 8.12. The minimum atomic E-state index is -0.433. The minimum Gasteiger partial charge on any atom is -0.356 e. The van der Waals surface area contributed by atoms with Gasteiger partial charge >= 0.3 is 0 Å². The van der Waals surface area contributed by atoms with Gasteiger partial charge in [0.05, 0.1) is 12.2 Å². The molecule has 0 saturated carbocycles. The molecule has 0 amide bonds. The summed E-state index contributed by atoms with van der Waals surface area (Å²) in [7, 11) is 0. The monoisotopic (exact) mass is 335 g/mol. The van der Waals surface area contributed by atoms with Gasteiger partial charge in [-0.1, -0.05) is 34.8 Å². The number of aromatic amines is 1. The lowest BCUT2D eigenvalue weighted by Gasteiger charge is -2.09. The molecule has 0 atom stereocenters. The first-order chi connectivity index (χ1) is 12.2. The van der Waals surface area contributed by atoms with Gasteiger partial charge in [0.25, 0.3) is 11.9 Å². The number of anilines is 1. The second-order valence-electron chi connectivity index (χ2n) is 5.84. The van der Waals surface area contributed by atoms with Crippen LogP contribution < -0.4 is 10.9 Å². The van der Waals surface area contributed by atoms with Crippen molar-refractivity contribution >= 4 is 18.5 Å². The van der Waals surface area contributed by atoms with Crippen LogP contribution in [0.1, 0.15) is 17.5 Å². The molecule has 3 rings (SSSR count). The number of aryl methyl sites for hydroxylation is 1. The average molecular weight is 335 g/mol. The highest BCUT2D eigenvalue weighted by Gasteiger charge is 2.13. The van der Waals surface area contributed by atoms with Crippen LogP contribution in [0.2, 0.25) is 0 Å². The smallest absolute Gasteiger partial charge is 0.281 e. The summed E-state index contributed by atoms with van der Waals surface area (Å²) in [4.78, 5) is 23.3. The van der Waals surface area contributed by atoms with Crippen molar-refractivity contribution in [3.8, 4) is 17.3 Å². The molecule has 126 valence electrons. The molecule has 25 heavy (non-hydrogen) atoms. The van der Waals surface area contributed by atoms with E-state index < -0.39 is 5.56 Å². The van der Waals surface area contributed by atoms with E-state index >= 15 is 0 Å². The third-order valence-electron chi connectivity index (χ3n) is 3.92. The van der Waals surface area contributed by atoms with Crippen molar-refractivity contribution in [1.29, 1.82) is 5.26 Å². The Kier molecular flexibility index (Phi) is 5.00. The van der Waals surface area contributed by atoms with E-state index in [0.29, 0.717) is 18.2 Å². The second kappa shape index (κ2) is 7.53. The molecule has 7 heteroatoms. The lowest BCUT2D eigenvalue weighted by Crippen LogP contribution is -2.20. The van der Waals surface area contributed by atoms with E-state index in [4.69, 9.17) is 0 Å². The van der Waals surface area contributed by atoms with E-state index in [0.717, 1.165) is 30.6 Å². The normalized spacial score (nSPS) is 12.7. The molecule has 1 aromatic heterocycles. The molecule has 0 saturated heterocycles. The van der Waals surface area contributed by atoms with E-state index in [9.17, 15) is 10.1 Å². The highest BCUT2D eigenvalue weighted by molar-refractivity contribution is 5.74. The SMILES string of the molecule is Cc1ccc(-c2nc(NCCC[N+]3=CN=CC3)[nH]c(=O)c2C#N)cc1. The summed E-state index contributed by atoms with van der Waals surface area (Å²) in [6.45, 7) is 4.35. The Morgan fingerprint density at radius 1 is 1.36 bits per heavy atom. The van der Waals surface area contributed by atoms with Crippen molar-refractivity contribution in [2.45, 2.75) is 13.3 Å². The lowest BCUT2D eigenvalue weighted by molar-refractivity contribution is -0.504. The number of nitrogens with one attached hydrogen (secondary N) is 2. The fourth-order valence-corrected chi connectivity index (χ4v) is 2.56. The molecule has 0 unspecified atom stereocenters. The number of aromatic nitrogens is 2. The molecule has 0 bridgehead atoms. The van der Waals surface area contributed by atoms with Crippen LogP contribution >= 0.6 is 0 Å². The molecule has 0 spiro atoms. The second-order valence-corrected chi connectivity index (χ2v) is 5.84. The Morgan fingerprint density at radius 3 is 2.84 bits per heavy atom. The molecule has 0 fully saturated rings. The molecular formula is C18H19N6O+. The number of hydrogen-bond donors (Lipinski definition) is 2. The number of hydrogen-bond acceptors (Lipinski definition) is 5. The van der Waals surface area contributed by atoms with Crippen molar-refractivity contribution in [2.75, 3.05) is 25.0 Å². The maximum absolute atomic E-state index is 12.2. The molecule has 2 N–H and O–H groups in total. The molecule has 0 radical (unpaired) electrons. The largest absolute Gasteiger partial charge is 0.356 e. The van der Waals surface area contributed by atoms with E-state index in [-0.39, 0.29) is 5.56 Å². The van der Waals surface area contributed by atoms with Gasteiger partial charge in [-0.25, -0.2) is 4.98 Å². The number of nitrogens with zero attached hydrogens (tertiary/aromatic N) is 4. The Balaban J connectivity index is 1.75. The Hall–Kier alpha value is -3.27. The van der Waals surface area contributed by atoms with Gasteiger partial charge < -0.3 is 5.32 Å². The molecule has 2 aromatic rings. The van der Waals surface area contributed by atoms with E-state index in [1.165, 1.54) is 0 Å². The fraction of sp³-hybridized carbons (Fsp3) is 0.278. The maximum Gasteiger partial charge on any atom is 0.281 e. The maximum atomic E-state index is 12.2. The number of H-pyrrole nitrogens is 1. The number of benzene rings is 1. The van der Waals surface area contributed by atoms with E-state index in [1.54, 1.807) is 0 Å². The zero-order valence-corrected chi connectivity index (χ0v) is 14.0. The summed E-state index contributed by atoms with van der Waals surface area (Å²) in [5, 5.41) is 12.4. The van der Waals surface area contributed by atoms with E-state index in [1.807, 2.05) is 49.8 Å². The summed E-state index contributed by atoms with van der Waals surface area (Å²) in [5.41, 5.74) is 1.85. The zero-order valence-electron chi connectivity index (χ0n) is 14.0. The average Bonchev–Trinajstić information content (AvgIpc) is 3.12. The molecule has 0 aliphatic carbocycles. The first kappa shape index (κ1) is 16.6.